The zero-order valence-corrected chi connectivity index (χ0v) is 20.6. The number of carbonyl (C=O) groups is 2. The summed E-state index contributed by atoms with van der Waals surface area (Å²) in [5, 5.41) is 3.73. The lowest BCUT2D eigenvalue weighted by molar-refractivity contribution is -0.143. The third-order valence-corrected chi connectivity index (χ3v) is 6.65. The van der Waals surface area contributed by atoms with Crippen LogP contribution in [0.1, 0.15) is 69.9 Å². The molecule has 0 heterocycles. The molecule has 1 fully saturated rings. The van der Waals surface area contributed by atoms with Crippen molar-refractivity contribution in [1.29, 1.82) is 0 Å². The highest BCUT2D eigenvalue weighted by Gasteiger charge is 2.31. The Hall–Kier alpha value is -2.53. The van der Waals surface area contributed by atoms with Crippen LogP contribution in [0.2, 0.25) is 5.02 Å². The number of hydrogen-bond donors (Lipinski definition) is 1. The van der Waals surface area contributed by atoms with Gasteiger partial charge >= 0.3 is 0 Å². The highest BCUT2D eigenvalue weighted by Crippen LogP contribution is 2.26. The minimum Gasteiger partial charge on any atom is -0.483 e. The number of rotatable bonds is 10. The van der Waals surface area contributed by atoms with Crippen molar-refractivity contribution < 1.29 is 14.3 Å². The number of ether oxygens (including phenoxy) is 1. The minimum atomic E-state index is -0.585. The monoisotopic (exact) mass is 470 g/mol. The van der Waals surface area contributed by atoms with E-state index in [1.807, 2.05) is 49.4 Å². The number of nitrogens with one attached hydrogen (secondary N) is 1. The van der Waals surface area contributed by atoms with E-state index in [1.165, 1.54) is 0 Å². The Bertz CT molecular complexity index is 940. The molecule has 2 aromatic rings. The Morgan fingerprint density at radius 1 is 1.09 bits per heavy atom. The molecule has 1 atom stereocenters. The number of benzene rings is 2. The smallest absolute Gasteiger partial charge is 0.261 e. The zero-order chi connectivity index (χ0) is 23.8. The first-order valence-corrected chi connectivity index (χ1v) is 12.3. The molecule has 0 unspecified atom stereocenters. The molecule has 2 aromatic carbocycles. The molecule has 3 rings (SSSR count). The van der Waals surface area contributed by atoms with Crippen LogP contribution in [-0.2, 0) is 16.1 Å². The molecule has 0 bridgehead atoms. The quantitative estimate of drug-likeness (QED) is 0.484. The normalized spacial score (nSPS) is 14.8. The van der Waals surface area contributed by atoms with Gasteiger partial charge in [-0.1, -0.05) is 81.6 Å². The van der Waals surface area contributed by atoms with Crippen LogP contribution in [0, 0.1) is 0 Å². The van der Waals surface area contributed by atoms with Gasteiger partial charge in [0.2, 0.25) is 5.91 Å². The molecule has 6 heteroatoms. The maximum atomic E-state index is 13.4. The molecule has 1 N–H and O–H groups in total. The van der Waals surface area contributed by atoms with Crippen molar-refractivity contribution in [2.24, 2.45) is 0 Å². The topological polar surface area (TPSA) is 58.6 Å². The van der Waals surface area contributed by atoms with Crippen molar-refractivity contribution >= 4 is 23.4 Å². The zero-order valence-electron chi connectivity index (χ0n) is 19.9. The molecule has 0 radical (unpaired) electrons. The summed E-state index contributed by atoms with van der Waals surface area (Å²) in [6, 6.07) is 14.8. The summed E-state index contributed by atoms with van der Waals surface area (Å²) in [6.45, 7) is 6.23. The molecule has 1 saturated carbocycles. The van der Waals surface area contributed by atoms with E-state index in [9.17, 15) is 9.59 Å². The number of carbonyl (C=O) groups excluding carboxylic acids is 2. The van der Waals surface area contributed by atoms with Crippen molar-refractivity contribution in [3.05, 3.63) is 64.7 Å². The Morgan fingerprint density at radius 3 is 2.42 bits per heavy atom. The molecular weight excluding hydrogens is 436 g/mol. The van der Waals surface area contributed by atoms with E-state index in [0.717, 1.165) is 36.8 Å². The van der Waals surface area contributed by atoms with E-state index in [0.29, 0.717) is 17.2 Å². The molecule has 1 aliphatic carbocycles. The first-order chi connectivity index (χ1) is 15.9. The van der Waals surface area contributed by atoms with Crippen molar-refractivity contribution in [3.63, 3.8) is 0 Å². The van der Waals surface area contributed by atoms with E-state index in [1.54, 1.807) is 11.0 Å². The van der Waals surface area contributed by atoms with Gasteiger partial charge in [-0.25, -0.2) is 0 Å². The van der Waals surface area contributed by atoms with E-state index < -0.39 is 6.04 Å². The van der Waals surface area contributed by atoms with Gasteiger partial charge in [-0.15, -0.1) is 0 Å². The summed E-state index contributed by atoms with van der Waals surface area (Å²) >= 11 is 6.40. The fourth-order valence-electron chi connectivity index (χ4n) is 4.41. The Kier molecular flexibility index (Phi) is 9.19. The number of amides is 2. The first kappa shape index (κ1) is 25.1. The van der Waals surface area contributed by atoms with Crippen LogP contribution in [0.5, 0.6) is 5.75 Å². The maximum Gasteiger partial charge on any atom is 0.261 e. The van der Waals surface area contributed by atoms with Crippen molar-refractivity contribution in [2.45, 2.75) is 77.4 Å². The summed E-state index contributed by atoms with van der Waals surface area (Å²) in [6.07, 6.45) is 4.77. The average molecular weight is 471 g/mol. The number of halogens is 1. The van der Waals surface area contributed by atoms with E-state index >= 15 is 0 Å². The lowest BCUT2D eigenvalue weighted by atomic mass is 10.0. The van der Waals surface area contributed by atoms with Gasteiger partial charge in [-0.3, -0.25) is 9.59 Å². The standard InChI is InChI=1S/C27H35ClN2O3/c1-4-24(27(32)29-21-12-6-7-13-21)30(17-20-11-5-9-15-23(20)28)26(31)18-33-25-16-10-8-14-22(25)19(2)3/h5,8-11,14-16,19,21,24H,4,6-7,12-13,17-18H2,1-3H3,(H,29,32)/t24-/m1/s1. The van der Waals surface area contributed by atoms with Crippen LogP contribution < -0.4 is 10.1 Å². The fourth-order valence-corrected chi connectivity index (χ4v) is 4.60. The summed E-state index contributed by atoms with van der Waals surface area (Å²) in [4.78, 5) is 28.2. The van der Waals surface area contributed by atoms with Gasteiger partial charge in [0, 0.05) is 17.6 Å². The van der Waals surface area contributed by atoms with Crippen molar-refractivity contribution in [1.82, 2.24) is 10.2 Å². The van der Waals surface area contributed by atoms with E-state index in [2.05, 4.69) is 19.2 Å². The average Bonchev–Trinajstić information content (AvgIpc) is 3.31. The first-order valence-electron chi connectivity index (χ1n) is 12.0. The molecule has 178 valence electrons. The second-order valence-corrected chi connectivity index (χ2v) is 9.42. The second kappa shape index (κ2) is 12.1. The highest BCUT2D eigenvalue weighted by atomic mass is 35.5. The second-order valence-electron chi connectivity index (χ2n) is 9.01. The number of nitrogens with zero attached hydrogens (tertiary/aromatic N) is 1. The number of hydrogen-bond acceptors (Lipinski definition) is 3. The molecule has 0 aromatic heterocycles. The molecule has 33 heavy (non-hydrogen) atoms. The van der Waals surface area contributed by atoms with Crippen LogP contribution >= 0.6 is 11.6 Å². The number of para-hydroxylation sites is 1. The van der Waals surface area contributed by atoms with Crippen LogP contribution in [0.3, 0.4) is 0 Å². The largest absolute Gasteiger partial charge is 0.483 e. The lowest BCUT2D eigenvalue weighted by Crippen LogP contribution is -2.52. The van der Waals surface area contributed by atoms with Crippen LogP contribution in [-0.4, -0.2) is 35.4 Å². The van der Waals surface area contributed by atoms with Crippen LogP contribution in [0.25, 0.3) is 0 Å². The lowest BCUT2D eigenvalue weighted by Gasteiger charge is -2.31. The van der Waals surface area contributed by atoms with Crippen LogP contribution in [0.15, 0.2) is 48.5 Å². The van der Waals surface area contributed by atoms with Gasteiger partial charge in [-0.2, -0.15) is 0 Å². The third-order valence-electron chi connectivity index (χ3n) is 6.28. The molecule has 2 amide bonds. The van der Waals surface area contributed by atoms with E-state index in [4.69, 9.17) is 16.3 Å². The summed E-state index contributed by atoms with van der Waals surface area (Å²) in [5.41, 5.74) is 1.86. The molecular formula is C27H35ClN2O3. The van der Waals surface area contributed by atoms with E-state index in [-0.39, 0.29) is 36.9 Å². The van der Waals surface area contributed by atoms with Crippen molar-refractivity contribution in [3.8, 4) is 5.75 Å². The molecule has 5 nitrogen and oxygen atoms in total. The predicted octanol–water partition coefficient (Wildman–Crippen LogP) is 5.71. The maximum absolute atomic E-state index is 13.4. The molecule has 0 spiro atoms. The van der Waals surface area contributed by atoms with Gasteiger partial charge in [0.05, 0.1) is 0 Å². The highest BCUT2D eigenvalue weighted by molar-refractivity contribution is 6.31. The summed E-state index contributed by atoms with van der Waals surface area (Å²) in [5.74, 6) is 0.632. The van der Waals surface area contributed by atoms with Gasteiger partial charge in [0.15, 0.2) is 6.61 Å². The Labute approximate surface area is 202 Å². The van der Waals surface area contributed by atoms with Gasteiger partial charge in [0.1, 0.15) is 11.8 Å². The minimum absolute atomic E-state index is 0.104. The van der Waals surface area contributed by atoms with Gasteiger partial charge in [-0.05, 0) is 48.4 Å². The molecule has 1 aliphatic rings. The predicted molar refractivity (Wildman–Crippen MR) is 133 cm³/mol. The van der Waals surface area contributed by atoms with Crippen LogP contribution in [0.4, 0.5) is 0 Å². The third kappa shape index (κ3) is 6.73. The molecule has 0 aliphatic heterocycles. The summed E-state index contributed by atoms with van der Waals surface area (Å²) in [7, 11) is 0. The van der Waals surface area contributed by atoms with Crippen molar-refractivity contribution in [2.75, 3.05) is 6.61 Å². The Balaban J connectivity index is 1.80. The Morgan fingerprint density at radius 2 is 1.76 bits per heavy atom. The van der Waals surface area contributed by atoms with Gasteiger partial charge in [0.25, 0.3) is 5.91 Å². The van der Waals surface area contributed by atoms with Gasteiger partial charge < -0.3 is 15.0 Å². The molecule has 0 saturated heterocycles. The fraction of sp³-hybridized carbons (Fsp3) is 0.481. The SMILES string of the molecule is CC[C@H](C(=O)NC1CCCC1)N(Cc1ccccc1Cl)C(=O)COc1ccccc1C(C)C. The summed E-state index contributed by atoms with van der Waals surface area (Å²) < 4.78 is 5.96.